The second-order valence-corrected chi connectivity index (χ2v) is 26.8. The summed E-state index contributed by atoms with van der Waals surface area (Å²) in [6.07, 6.45) is -3.11. The number of nitrogens with zero attached hydrogens (tertiary/aromatic N) is 10. The number of halogens is 5. The minimum atomic E-state index is -4.46. The van der Waals surface area contributed by atoms with E-state index in [0.717, 1.165) is 48.1 Å². The number of hydrogen-bond donors (Lipinski definition) is 7. The number of benzene rings is 2. The third-order valence-electron chi connectivity index (χ3n) is 11.4. The van der Waals surface area contributed by atoms with Crippen LogP contribution in [-0.4, -0.2) is 174 Å². The van der Waals surface area contributed by atoms with Crippen molar-refractivity contribution in [2.75, 3.05) is 71.7 Å². The van der Waals surface area contributed by atoms with Gasteiger partial charge in [0.15, 0.2) is 12.4 Å². The molecule has 1 aliphatic rings. The van der Waals surface area contributed by atoms with Gasteiger partial charge in [0.1, 0.15) is 23.4 Å². The molecule has 2 atom stereocenters. The fourth-order valence-corrected chi connectivity index (χ4v) is 12.0. The fourth-order valence-electron chi connectivity index (χ4n) is 7.07. The number of thioether (sulfide) groups is 1. The molecule has 0 saturated heterocycles. The first-order chi connectivity index (χ1) is 43.0. The summed E-state index contributed by atoms with van der Waals surface area (Å²) in [5.41, 5.74) is 4.92. The van der Waals surface area contributed by atoms with Crippen LogP contribution in [0.25, 0.3) is 0 Å². The number of aromatic nitrogens is 8. The van der Waals surface area contributed by atoms with Crippen LogP contribution in [0.15, 0.2) is 85.4 Å². The molecule has 42 heteroatoms. The second-order valence-electron chi connectivity index (χ2n) is 18.7. The van der Waals surface area contributed by atoms with E-state index in [4.69, 9.17) is 41.5 Å². The van der Waals surface area contributed by atoms with Crippen LogP contribution in [0.4, 0.5) is 44.7 Å². The van der Waals surface area contributed by atoms with E-state index in [1.54, 1.807) is 18.8 Å². The Labute approximate surface area is 534 Å². The highest BCUT2D eigenvalue weighted by Crippen LogP contribution is 2.36. The number of nitrogens with one attached hydrogen (secondary N) is 4. The predicted molar refractivity (Wildman–Crippen MR) is 324 cm³/mol. The van der Waals surface area contributed by atoms with Crippen molar-refractivity contribution in [3.05, 3.63) is 103 Å². The topological polar surface area (TPSA) is 442 Å². The molecule has 8 N–H and O–H groups in total. The lowest BCUT2D eigenvalue weighted by atomic mass is 10.1. The van der Waals surface area contributed by atoms with E-state index in [-0.39, 0.29) is 80.5 Å². The van der Waals surface area contributed by atoms with Gasteiger partial charge in [-0.25, -0.2) is 46.5 Å². The van der Waals surface area contributed by atoms with Gasteiger partial charge in [0.05, 0.1) is 55.7 Å². The van der Waals surface area contributed by atoms with E-state index < -0.39 is 98.1 Å². The van der Waals surface area contributed by atoms with Gasteiger partial charge in [0.25, 0.3) is 26.0 Å². The van der Waals surface area contributed by atoms with Crippen molar-refractivity contribution in [3.8, 4) is 17.8 Å². The van der Waals surface area contributed by atoms with Gasteiger partial charge in [-0.05, 0) is 79.8 Å². The van der Waals surface area contributed by atoms with Gasteiger partial charge in [0, 0.05) is 57.5 Å². The first kappa shape index (κ1) is 76.1. The highest BCUT2D eigenvalue weighted by Gasteiger charge is 2.30. The van der Waals surface area contributed by atoms with Crippen molar-refractivity contribution in [3.63, 3.8) is 0 Å². The minimum Gasteiger partial charge on any atom is -0.481 e. The molecule has 502 valence electrons. The Bertz CT molecular complexity index is 4030. The van der Waals surface area contributed by atoms with Crippen molar-refractivity contribution in [2.45, 2.75) is 79.2 Å². The molecule has 0 fully saturated rings. The number of methoxy groups -OCH3 is 4. The van der Waals surface area contributed by atoms with Gasteiger partial charge in [-0.15, -0.1) is 11.8 Å². The maximum atomic E-state index is 14.3. The number of esters is 1. The summed E-state index contributed by atoms with van der Waals surface area (Å²) in [4.78, 5) is 107. The zero-order chi connectivity index (χ0) is 68.9. The summed E-state index contributed by atoms with van der Waals surface area (Å²) < 4.78 is 138. The third-order valence-corrected chi connectivity index (χ3v) is 17.5. The number of fused-ring (bicyclic) bond motifs is 1. The molecule has 0 saturated carbocycles. The molecule has 2 aromatic carbocycles. The number of aliphatic carboxylic acids is 1. The largest absolute Gasteiger partial charge is 0.481 e. The molecule has 32 nitrogen and oxygen atoms in total. The van der Waals surface area contributed by atoms with Crippen LogP contribution < -0.4 is 49.7 Å². The van der Waals surface area contributed by atoms with E-state index in [0.29, 0.717) is 22.8 Å². The molecule has 0 spiro atoms. The Balaban J connectivity index is 0.000000272. The van der Waals surface area contributed by atoms with Crippen LogP contribution in [0.2, 0.25) is 5.02 Å². The number of rotatable bonds is 20. The lowest BCUT2D eigenvalue weighted by Crippen LogP contribution is -2.36. The van der Waals surface area contributed by atoms with Crippen molar-refractivity contribution in [1.82, 2.24) is 53.6 Å². The highest BCUT2D eigenvalue weighted by molar-refractivity contribution is 8.00. The van der Waals surface area contributed by atoms with Gasteiger partial charge >= 0.3 is 41.1 Å². The number of carbonyl (C=O) groups is 5. The zero-order valence-electron chi connectivity index (χ0n) is 49.8. The number of carboxylic acids is 1. The first-order valence-corrected chi connectivity index (χ1v) is 33.5. The van der Waals surface area contributed by atoms with E-state index in [2.05, 4.69) is 50.3 Å². The number of carbonyl (C=O) groups excluding carboxylic acids is 4. The third kappa shape index (κ3) is 24.3. The van der Waals surface area contributed by atoms with Crippen LogP contribution in [-0.2, 0) is 58.4 Å². The number of nitrogens with two attached hydrogens (primary N) is 1. The lowest BCUT2D eigenvalue weighted by molar-refractivity contribution is -0.139. The van der Waals surface area contributed by atoms with Crippen molar-refractivity contribution in [2.24, 2.45) is 10.7 Å². The molecule has 0 bridgehead atoms. The van der Waals surface area contributed by atoms with Gasteiger partial charge in [-0.1, -0.05) is 29.8 Å². The molecular weight excluding hydrogens is 1350 g/mol. The number of pyridine rings is 1. The lowest BCUT2D eigenvalue weighted by Gasteiger charge is -2.15. The highest BCUT2D eigenvalue weighted by atomic mass is 35.5. The number of hydrogen-bond acceptors (Lipinski definition) is 25. The molecule has 1 aliphatic heterocycles. The maximum absolute atomic E-state index is 14.3. The van der Waals surface area contributed by atoms with Crippen LogP contribution in [0.3, 0.4) is 0 Å². The average molecular weight is 1410 g/mol. The minimum absolute atomic E-state index is 0.0412. The number of urea groups is 2. The Morgan fingerprint density at radius 1 is 0.880 bits per heavy atom. The molecule has 5 amide bonds. The molecule has 7 rings (SSSR count). The first-order valence-electron chi connectivity index (χ1n) is 26.0. The van der Waals surface area contributed by atoms with E-state index in [1.165, 1.54) is 110 Å². The van der Waals surface area contributed by atoms with Crippen LogP contribution in [0.1, 0.15) is 47.4 Å². The summed E-state index contributed by atoms with van der Waals surface area (Å²) in [5.74, 6) is -2.78. The molecule has 6 aromatic rings. The number of ether oxygens (including phenoxy) is 4. The summed E-state index contributed by atoms with van der Waals surface area (Å²) in [6.45, 7) is 4.01. The summed E-state index contributed by atoms with van der Waals surface area (Å²) in [5, 5.41) is 12.2. The molecule has 2 unspecified atom stereocenters. The number of carboxylic acid groups (broad SMARTS) is 1. The van der Waals surface area contributed by atoms with Crippen molar-refractivity contribution < 1.29 is 91.9 Å². The number of sulfonamides is 2. The second kappa shape index (κ2) is 34.3. The van der Waals surface area contributed by atoms with Crippen LogP contribution in [0, 0.1) is 12.7 Å². The van der Waals surface area contributed by atoms with Crippen molar-refractivity contribution >= 4 is 110 Å². The van der Waals surface area contributed by atoms with E-state index >= 15 is 0 Å². The fraction of sp³-hybridized carbons (Fsp3) is 0.380. The smallest absolute Gasteiger partial charge is 0.389 e. The summed E-state index contributed by atoms with van der Waals surface area (Å²) in [7, 11) is -3.80. The maximum Gasteiger partial charge on any atom is 0.389 e. The van der Waals surface area contributed by atoms with Gasteiger partial charge in [0.2, 0.25) is 28.5 Å². The Hall–Kier alpha value is -8.40. The Morgan fingerprint density at radius 3 is 2.04 bits per heavy atom. The molecule has 92 heavy (non-hydrogen) atoms. The number of alkyl halides is 3. The van der Waals surface area contributed by atoms with Crippen LogP contribution >= 0.6 is 42.1 Å². The standard InChI is InChI=1S/C15H15ClFN3O3S2.C15H16F3N5O4S.C15H18N6O6S.C5H12NO4P/c1-23-13(21)8-24-12-7-11(10(17)6-9(12)16)18-14-19-4-2-3-5-20(19)15(22)25-14;1-9-19-12(22-14(20-9)27-2)21-13(24)23-28(25,26)11-6-4-3-5-10(11)7-8-15(16,17)18;1-21(2)13(22)9-6-5-7-16-12(9)28(24,25)20-15(23)19-14-17-10(26-3)8-11(18-14)27-4;1-11(9,10)3-2-4(6)5(7)8/h6-7H,2-5,8H2,1H3;3-6H,7-8H2,1-2H3,(H2,19,20,21,22,23,24);5-8H,1-4H3,(H2,17,18,19,20,23);4H,2-3,6H2,1H3,(H,7,8)(H,9,10). The summed E-state index contributed by atoms with van der Waals surface area (Å²) in [6, 6.07) is 8.33. The summed E-state index contributed by atoms with van der Waals surface area (Å²) >= 11 is 8.17. The molecule has 0 aliphatic carbocycles. The number of anilines is 2. The Morgan fingerprint density at radius 2 is 1.48 bits per heavy atom. The van der Waals surface area contributed by atoms with Crippen LogP contribution in [0.5, 0.6) is 17.8 Å². The van der Waals surface area contributed by atoms with Crippen molar-refractivity contribution in [1.29, 1.82) is 0 Å². The molecule has 5 heterocycles. The number of amides is 5. The van der Waals surface area contributed by atoms with Gasteiger partial charge in [-0.3, -0.25) is 39.1 Å². The predicted octanol–water partition coefficient (Wildman–Crippen LogP) is 4.78. The van der Waals surface area contributed by atoms with E-state index in [1.807, 2.05) is 0 Å². The van der Waals surface area contributed by atoms with E-state index in [9.17, 15) is 67.7 Å². The quantitative estimate of drug-likeness (QED) is 0.0234. The van der Waals surface area contributed by atoms with Gasteiger partial charge < -0.3 is 39.6 Å². The molecule has 0 radical (unpaired) electrons. The normalized spacial score (nSPS) is 13.0. The molecule has 4 aromatic heterocycles. The SMILES string of the molecule is COC(=O)CSc1cc(N=c2sc(=O)n3n2CCCC3)c(F)cc1Cl.COc1cc(OC)nc(NC(=O)NS(=O)(=O)c2ncccc2C(=O)N(C)C)n1.COc1nc(C)nc(NC(=O)NS(=O)(=O)c2ccccc2CCC(F)(F)F)n1.CP(=O)(O)CCC(N)C(=O)O. The Kier molecular flexibility index (Phi) is 28.4. The zero-order valence-corrected chi connectivity index (χ0v) is 54.7. The monoisotopic (exact) mass is 1410 g/mol. The van der Waals surface area contributed by atoms with Gasteiger partial charge in [-0.2, -0.15) is 46.5 Å². The molecular formula is C50H61ClF4N15O17PS4. The average Bonchev–Trinajstić information content (AvgIpc) is 1.39. The number of aryl methyl sites for hydroxylation is 2.